The van der Waals surface area contributed by atoms with Crippen molar-refractivity contribution < 1.29 is 0 Å². The van der Waals surface area contributed by atoms with Crippen LogP contribution in [0.15, 0.2) is 303 Å². The fraction of sp³-hybridized carbons (Fsp3) is 0.0133. The summed E-state index contributed by atoms with van der Waals surface area (Å²) in [6.07, 6.45) is 0. The number of hydrogen-bond acceptors (Lipinski definition) is 2. The molecule has 0 atom stereocenters. The third-order valence-corrected chi connectivity index (χ3v) is 16.2. The lowest BCUT2D eigenvalue weighted by Crippen LogP contribution is -2.36. The molecular formula is C75H50N2. The summed E-state index contributed by atoms with van der Waals surface area (Å²) in [6, 6.07) is 112. The Bertz CT molecular complexity index is 4110. The first kappa shape index (κ1) is 44.5. The molecule has 15 rings (SSSR count). The van der Waals surface area contributed by atoms with E-state index in [2.05, 4.69) is 313 Å². The Morgan fingerprint density at radius 3 is 1.03 bits per heavy atom. The van der Waals surface area contributed by atoms with Gasteiger partial charge in [0.15, 0.2) is 0 Å². The Morgan fingerprint density at radius 2 is 0.571 bits per heavy atom. The molecule has 1 aliphatic heterocycles. The van der Waals surface area contributed by atoms with Gasteiger partial charge in [0.25, 0.3) is 0 Å². The molecule has 0 N–H and O–H groups in total. The van der Waals surface area contributed by atoms with Gasteiger partial charge >= 0.3 is 0 Å². The van der Waals surface area contributed by atoms with Crippen LogP contribution in [-0.2, 0) is 5.41 Å². The van der Waals surface area contributed by atoms with Crippen LogP contribution in [0.3, 0.4) is 0 Å². The van der Waals surface area contributed by atoms with Gasteiger partial charge in [0.2, 0.25) is 0 Å². The Balaban J connectivity index is 0.890. The molecule has 1 heterocycles. The molecule has 0 saturated heterocycles. The molecular weight excluding hydrogens is 929 g/mol. The molecule has 77 heavy (non-hydrogen) atoms. The Hall–Kier alpha value is -10.0. The molecule has 13 aromatic rings. The maximum absolute atomic E-state index is 2.50. The number of nitrogens with zero attached hydrogens (tertiary/aromatic N) is 2. The molecule has 2 aliphatic rings. The fourth-order valence-electron chi connectivity index (χ4n) is 12.6. The topological polar surface area (TPSA) is 6.48 Å². The molecule has 2 heteroatoms. The van der Waals surface area contributed by atoms with Crippen molar-refractivity contribution in [2.45, 2.75) is 5.41 Å². The molecule has 13 aromatic carbocycles. The van der Waals surface area contributed by atoms with Gasteiger partial charge in [-0.3, -0.25) is 0 Å². The van der Waals surface area contributed by atoms with Crippen LogP contribution in [-0.4, -0.2) is 0 Å². The van der Waals surface area contributed by atoms with E-state index in [0.717, 1.165) is 34.1 Å². The number of anilines is 6. The largest absolute Gasteiger partial charge is 0.311 e. The van der Waals surface area contributed by atoms with E-state index in [1.54, 1.807) is 0 Å². The second-order valence-electron chi connectivity index (χ2n) is 20.4. The summed E-state index contributed by atoms with van der Waals surface area (Å²) in [7, 11) is 0. The smallest absolute Gasteiger partial charge is 0.0754 e. The highest BCUT2D eigenvalue weighted by Gasteiger charge is 2.52. The van der Waals surface area contributed by atoms with E-state index in [1.165, 1.54) is 99.4 Å². The Morgan fingerprint density at radius 1 is 0.234 bits per heavy atom. The van der Waals surface area contributed by atoms with Gasteiger partial charge in [-0.25, -0.2) is 0 Å². The standard InChI is InChI=1S/C75H50N2/c1-3-15-51(16-4-1)55-31-37-63(38-32-55)76(64-39-33-56(34-40-64)52-17-5-2-6-18-52)65-41-43-66(44-42-65)77-73-25-13-11-23-69(73)75(70-24-12-14-26-74(70)77)71-49-61(59-29-27-53-19-7-9-21-57(53)47-59)35-45-67(71)68-46-36-62(50-72(68)75)60-30-28-54-20-8-10-22-58(54)48-60/h1-50H. The fourth-order valence-corrected chi connectivity index (χ4v) is 12.6. The van der Waals surface area contributed by atoms with Crippen LogP contribution >= 0.6 is 0 Å². The van der Waals surface area contributed by atoms with E-state index in [-0.39, 0.29) is 0 Å². The predicted molar refractivity (Wildman–Crippen MR) is 323 cm³/mol. The molecule has 1 spiro atoms. The zero-order chi connectivity index (χ0) is 50.9. The van der Waals surface area contributed by atoms with Crippen molar-refractivity contribution in [2.24, 2.45) is 0 Å². The second kappa shape index (κ2) is 18.1. The summed E-state index contributed by atoms with van der Waals surface area (Å²) in [5, 5.41) is 4.97. The van der Waals surface area contributed by atoms with Gasteiger partial charge < -0.3 is 9.80 Å². The van der Waals surface area contributed by atoms with Gasteiger partial charge in [-0.1, -0.05) is 218 Å². The lowest BCUT2D eigenvalue weighted by molar-refractivity contribution is 0.753. The minimum absolute atomic E-state index is 0.636. The van der Waals surface area contributed by atoms with Crippen LogP contribution in [0.5, 0.6) is 0 Å². The van der Waals surface area contributed by atoms with Crippen molar-refractivity contribution in [1.82, 2.24) is 0 Å². The molecule has 1 aliphatic carbocycles. The van der Waals surface area contributed by atoms with Crippen LogP contribution in [0, 0.1) is 0 Å². The average Bonchev–Trinajstić information content (AvgIpc) is 3.19. The van der Waals surface area contributed by atoms with Gasteiger partial charge in [-0.15, -0.1) is 0 Å². The first-order chi connectivity index (χ1) is 38.2. The highest BCUT2D eigenvalue weighted by Crippen LogP contribution is 2.64. The van der Waals surface area contributed by atoms with Crippen LogP contribution in [0.4, 0.5) is 34.1 Å². The maximum atomic E-state index is 2.50. The quantitative estimate of drug-likeness (QED) is 0.150. The van der Waals surface area contributed by atoms with Crippen LogP contribution in [0.2, 0.25) is 0 Å². The first-order valence-electron chi connectivity index (χ1n) is 26.6. The third kappa shape index (κ3) is 7.33. The van der Waals surface area contributed by atoms with Gasteiger partial charge in [0.1, 0.15) is 0 Å². The Labute approximate surface area is 449 Å². The van der Waals surface area contributed by atoms with Gasteiger partial charge in [0.05, 0.1) is 16.8 Å². The van der Waals surface area contributed by atoms with Crippen LogP contribution in [0.1, 0.15) is 22.3 Å². The minimum Gasteiger partial charge on any atom is -0.311 e. The van der Waals surface area contributed by atoms with Gasteiger partial charge in [-0.05, 0) is 184 Å². The minimum atomic E-state index is -0.636. The molecule has 0 unspecified atom stereocenters. The summed E-state index contributed by atoms with van der Waals surface area (Å²) < 4.78 is 0. The zero-order valence-corrected chi connectivity index (χ0v) is 42.3. The van der Waals surface area contributed by atoms with E-state index < -0.39 is 5.41 Å². The number of fused-ring (bicyclic) bond motifs is 11. The predicted octanol–water partition coefficient (Wildman–Crippen LogP) is 20.3. The molecule has 0 aromatic heterocycles. The summed E-state index contributed by atoms with van der Waals surface area (Å²) in [4.78, 5) is 4.86. The molecule has 0 saturated carbocycles. The van der Waals surface area contributed by atoms with Crippen molar-refractivity contribution in [3.8, 4) is 55.6 Å². The van der Waals surface area contributed by atoms with E-state index in [4.69, 9.17) is 0 Å². The molecule has 0 amide bonds. The molecule has 0 fully saturated rings. The van der Waals surface area contributed by atoms with Crippen molar-refractivity contribution in [3.63, 3.8) is 0 Å². The lowest BCUT2D eigenvalue weighted by Gasteiger charge is -2.45. The first-order valence-corrected chi connectivity index (χ1v) is 26.6. The molecule has 0 bridgehead atoms. The average molecular weight is 979 g/mol. The molecule has 0 radical (unpaired) electrons. The Kier molecular flexibility index (Phi) is 10.5. The number of hydrogen-bond donors (Lipinski definition) is 0. The normalized spacial score (nSPS) is 12.8. The van der Waals surface area contributed by atoms with Crippen LogP contribution < -0.4 is 9.80 Å². The van der Waals surface area contributed by atoms with E-state index >= 15 is 0 Å². The van der Waals surface area contributed by atoms with Crippen LogP contribution in [0.25, 0.3) is 77.2 Å². The SMILES string of the molecule is c1ccc(-c2ccc(N(c3ccc(-c4ccccc4)cc3)c3ccc(N4c5ccccc5C5(c6cc(-c7ccc8ccccc8c7)ccc6-c6ccc(-c7ccc8ccccc8c7)cc65)c5ccccc54)cc3)cc2)cc1. The van der Waals surface area contributed by atoms with E-state index in [0.29, 0.717) is 0 Å². The number of rotatable bonds is 8. The van der Waals surface area contributed by atoms with E-state index in [1.807, 2.05) is 0 Å². The summed E-state index contributed by atoms with van der Waals surface area (Å²) >= 11 is 0. The van der Waals surface area contributed by atoms with Gasteiger partial charge in [0, 0.05) is 22.7 Å². The molecule has 2 nitrogen and oxygen atoms in total. The molecule has 360 valence electrons. The lowest BCUT2D eigenvalue weighted by atomic mass is 9.64. The maximum Gasteiger partial charge on any atom is 0.0754 e. The van der Waals surface area contributed by atoms with Gasteiger partial charge in [-0.2, -0.15) is 0 Å². The summed E-state index contributed by atoms with van der Waals surface area (Å²) in [6.45, 7) is 0. The highest BCUT2D eigenvalue weighted by molar-refractivity contribution is 5.99. The number of benzene rings is 13. The van der Waals surface area contributed by atoms with E-state index in [9.17, 15) is 0 Å². The van der Waals surface area contributed by atoms with Crippen molar-refractivity contribution in [2.75, 3.05) is 9.80 Å². The highest BCUT2D eigenvalue weighted by atomic mass is 15.2. The third-order valence-electron chi connectivity index (χ3n) is 16.2. The zero-order valence-electron chi connectivity index (χ0n) is 42.3. The number of para-hydroxylation sites is 2. The van der Waals surface area contributed by atoms with Crippen molar-refractivity contribution >= 4 is 55.7 Å². The summed E-state index contributed by atoms with van der Waals surface area (Å²) in [5.41, 5.74) is 23.3. The monoisotopic (exact) mass is 978 g/mol. The van der Waals surface area contributed by atoms with Crippen molar-refractivity contribution in [1.29, 1.82) is 0 Å². The van der Waals surface area contributed by atoms with Crippen molar-refractivity contribution in [3.05, 3.63) is 326 Å². The second-order valence-corrected chi connectivity index (χ2v) is 20.4. The summed E-state index contributed by atoms with van der Waals surface area (Å²) in [5.74, 6) is 0.